The molecule has 0 saturated heterocycles. The van der Waals surface area contributed by atoms with Crippen molar-refractivity contribution in [3.05, 3.63) is 65.7 Å². The quantitative estimate of drug-likeness (QED) is 0.281. The van der Waals surface area contributed by atoms with Crippen molar-refractivity contribution in [3.8, 4) is 17.3 Å². The summed E-state index contributed by atoms with van der Waals surface area (Å²) >= 11 is 0. The zero-order valence-corrected chi connectivity index (χ0v) is 17.7. The van der Waals surface area contributed by atoms with Crippen LogP contribution in [0.15, 0.2) is 54.6 Å². The number of benzene rings is 2. The number of hydrogen-bond donors (Lipinski definition) is 3. The van der Waals surface area contributed by atoms with Gasteiger partial charge in [0.1, 0.15) is 11.4 Å². The maximum atomic E-state index is 12.5. The van der Waals surface area contributed by atoms with E-state index in [2.05, 4.69) is 50.0 Å². The van der Waals surface area contributed by atoms with Gasteiger partial charge in [0.25, 0.3) is 0 Å². The molecule has 32 heavy (non-hydrogen) atoms. The van der Waals surface area contributed by atoms with Crippen LogP contribution in [0.25, 0.3) is 28.5 Å². The van der Waals surface area contributed by atoms with Crippen molar-refractivity contribution in [1.82, 2.24) is 25.6 Å². The molecular formula is C24H24N6O2. The van der Waals surface area contributed by atoms with E-state index in [1.165, 1.54) is 37.0 Å². The Kier molecular flexibility index (Phi) is 6.50. The van der Waals surface area contributed by atoms with Gasteiger partial charge in [-0.2, -0.15) is 0 Å². The summed E-state index contributed by atoms with van der Waals surface area (Å²) in [6.45, 7) is 2.20. The van der Waals surface area contributed by atoms with Gasteiger partial charge in [0.2, 0.25) is 5.91 Å². The van der Waals surface area contributed by atoms with E-state index in [4.69, 9.17) is 0 Å². The fourth-order valence-corrected chi connectivity index (χ4v) is 3.44. The molecule has 4 aromatic rings. The highest BCUT2D eigenvalue weighted by molar-refractivity contribution is 6.07. The SMILES string of the molecule is CCCCCc1ccc(C=CC(=O)Nc2cccc3c(O)cc(-c4nnn[nH]4)nc23)cc1. The summed E-state index contributed by atoms with van der Waals surface area (Å²) in [5.74, 6) is 0.0472. The Morgan fingerprint density at radius 2 is 2.00 bits per heavy atom. The summed E-state index contributed by atoms with van der Waals surface area (Å²) in [6, 6.07) is 14.9. The number of carbonyl (C=O) groups is 1. The molecule has 8 nitrogen and oxygen atoms in total. The van der Waals surface area contributed by atoms with E-state index >= 15 is 0 Å². The van der Waals surface area contributed by atoms with Crippen LogP contribution in [0.3, 0.4) is 0 Å². The highest BCUT2D eigenvalue weighted by Gasteiger charge is 2.13. The van der Waals surface area contributed by atoms with Gasteiger partial charge < -0.3 is 10.4 Å². The molecule has 0 spiro atoms. The number of pyridine rings is 1. The fourth-order valence-electron chi connectivity index (χ4n) is 3.44. The molecule has 0 aliphatic carbocycles. The van der Waals surface area contributed by atoms with Crippen molar-refractivity contribution < 1.29 is 9.90 Å². The summed E-state index contributed by atoms with van der Waals surface area (Å²) in [5, 5.41) is 27.3. The molecule has 0 fully saturated rings. The van der Waals surface area contributed by atoms with Gasteiger partial charge in [-0.15, -0.1) is 5.10 Å². The number of carbonyl (C=O) groups excluding carboxylic acids is 1. The van der Waals surface area contributed by atoms with Crippen LogP contribution in [0.4, 0.5) is 5.69 Å². The summed E-state index contributed by atoms with van der Waals surface area (Å²) in [4.78, 5) is 17.1. The molecule has 0 bridgehead atoms. The predicted octanol–water partition coefficient (Wildman–Crippen LogP) is 4.51. The number of para-hydroxylation sites is 1. The van der Waals surface area contributed by atoms with Crippen LogP contribution in [-0.2, 0) is 11.2 Å². The number of rotatable bonds is 8. The van der Waals surface area contributed by atoms with E-state index < -0.39 is 0 Å². The third-order valence-corrected chi connectivity index (χ3v) is 5.14. The number of tetrazole rings is 1. The zero-order chi connectivity index (χ0) is 22.3. The first-order valence-corrected chi connectivity index (χ1v) is 10.6. The smallest absolute Gasteiger partial charge is 0.248 e. The van der Waals surface area contributed by atoms with E-state index in [0.717, 1.165) is 12.0 Å². The van der Waals surface area contributed by atoms with Crippen LogP contribution in [-0.4, -0.2) is 36.6 Å². The number of amides is 1. The minimum absolute atomic E-state index is 0.0204. The zero-order valence-electron chi connectivity index (χ0n) is 17.7. The number of nitrogens with zero attached hydrogens (tertiary/aromatic N) is 4. The molecular weight excluding hydrogens is 404 g/mol. The lowest BCUT2D eigenvalue weighted by molar-refractivity contribution is -0.111. The minimum atomic E-state index is -0.294. The molecule has 4 rings (SSSR count). The number of H-pyrrole nitrogens is 1. The normalized spacial score (nSPS) is 11.3. The minimum Gasteiger partial charge on any atom is -0.507 e. The Hall–Kier alpha value is -4.07. The number of aromatic amines is 1. The van der Waals surface area contributed by atoms with E-state index in [1.807, 2.05) is 12.1 Å². The Morgan fingerprint density at radius 1 is 1.16 bits per heavy atom. The van der Waals surface area contributed by atoms with Crippen molar-refractivity contribution in [2.45, 2.75) is 32.6 Å². The maximum Gasteiger partial charge on any atom is 0.248 e. The van der Waals surface area contributed by atoms with Crippen LogP contribution >= 0.6 is 0 Å². The average Bonchev–Trinajstić information content (AvgIpc) is 3.34. The average molecular weight is 428 g/mol. The van der Waals surface area contributed by atoms with Crippen LogP contribution < -0.4 is 5.32 Å². The second-order valence-electron chi connectivity index (χ2n) is 7.50. The second-order valence-corrected chi connectivity index (χ2v) is 7.50. The molecule has 0 aliphatic rings. The molecule has 0 atom stereocenters. The molecule has 2 aromatic heterocycles. The van der Waals surface area contributed by atoms with Crippen LogP contribution in [0.2, 0.25) is 0 Å². The Bertz CT molecular complexity index is 1230. The third kappa shape index (κ3) is 4.97. The molecule has 0 aliphatic heterocycles. The summed E-state index contributed by atoms with van der Waals surface area (Å²) in [5.41, 5.74) is 3.55. The number of unbranched alkanes of at least 4 members (excludes halogenated alkanes) is 2. The van der Waals surface area contributed by atoms with Gasteiger partial charge in [-0.05, 0) is 52.6 Å². The first kappa shape index (κ1) is 21.2. The Morgan fingerprint density at radius 3 is 2.75 bits per heavy atom. The van der Waals surface area contributed by atoms with Crippen molar-refractivity contribution in [2.24, 2.45) is 0 Å². The monoisotopic (exact) mass is 428 g/mol. The van der Waals surface area contributed by atoms with E-state index in [0.29, 0.717) is 28.1 Å². The topological polar surface area (TPSA) is 117 Å². The van der Waals surface area contributed by atoms with Crippen LogP contribution in [0.5, 0.6) is 5.75 Å². The standard InChI is InChI=1S/C24H24N6O2/c1-2-3-4-6-16-9-11-17(12-10-16)13-14-22(32)25-19-8-5-7-18-21(31)15-20(26-23(18)19)24-27-29-30-28-24/h5,7-15H,2-4,6H2,1H3,(H,25,32)(H,26,31)(H,27,28,29,30). The number of nitrogens with one attached hydrogen (secondary N) is 2. The molecule has 162 valence electrons. The molecule has 0 unspecified atom stereocenters. The van der Waals surface area contributed by atoms with Gasteiger partial charge in [-0.1, -0.05) is 50.1 Å². The number of aromatic hydroxyl groups is 1. The number of fused-ring (bicyclic) bond motifs is 1. The maximum absolute atomic E-state index is 12.5. The third-order valence-electron chi connectivity index (χ3n) is 5.14. The van der Waals surface area contributed by atoms with Crippen molar-refractivity contribution >= 4 is 28.6 Å². The summed E-state index contributed by atoms with van der Waals surface area (Å²) < 4.78 is 0. The number of anilines is 1. The van der Waals surface area contributed by atoms with Crippen molar-refractivity contribution in [2.75, 3.05) is 5.32 Å². The number of aryl methyl sites for hydroxylation is 1. The second kappa shape index (κ2) is 9.82. The highest BCUT2D eigenvalue weighted by atomic mass is 16.3. The fraction of sp³-hybridized carbons (Fsp3) is 0.208. The molecule has 3 N–H and O–H groups in total. The highest BCUT2D eigenvalue weighted by Crippen LogP contribution is 2.31. The van der Waals surface area contributed by atoms with Gasteiger partial charge in [-0.3, -0.25) is 4.79 Å². The van der Waals surface area contributed by atoms with E-state index in [1.54, 1.807) is 24.3 Å². The van der Waals surface area contributed by atoms with Crippen LogP contribution in [0.1, 0.15) is 37.3 Å². The molecule has 1 amide bonds. The van der Waals surface area contributed by atoms with Crippen molar-refractivity contribution in [1.29, 1.82) is 0 Å². The van der Waals surface area contributed by atoms with Gasteiger partial charge in [0.15, 0.2) is 5.82 Å². The number of hydrogen-bond acceptors (Lipinski definition) is 6. The van der Waals surface area contributed by atoms with Gasteiger partial charge in [0.05, 0.1) is 11.2 Å². The van der Waals surface area contributed by atoms with Gasteiger partial charge in [0, 0.05) is 17.5 Å². The summed E-state index contributed by atoms with van der Waals surface area (Å²) in [6.07, 6.45) is 7.96. The predicted molar refractivity (Wildman–Crippen MR) is 124 cm³/mol. The molecule has 0 saturated carbocycles. The van der Waals surface area contributed by atoms with E-state index in [9.17, 15) is 9.90 Å². The van der Waals surface area contributed by atoms with Gasteiger partial charge >= 0.3 is 0 Å². The lowest BCUT2D eigenvalue weighted by atomic mass is 10.1. The largest absolute Gasteiger partial charge is 0.507 e. The molecule has 2 heterocycles. The van der Waals surface area contributed by atoms with Crippen molar-refractivity contribution in [3.63, 3.8) is 0 Å². The molecule has 0 radical (unpaired) electrons. The summed E-state index contributed by atoms with van der Waals surface area (Å²) in [7, 11) is 0. The number of aromatic nitrogens is 5. The van der Waals surface area contributed by atoms with Gasteiger partial charge in [-0.25, -0.2) is 10.1 Å². The first-order chi connectivity index (χ1) is 15.6. The Labute approximate surface area is 185 Å². The van der Waals surface area contributed by atoms with Crippen LogP contribution in [0, 0.1) is 0 Å². The Balaban J connectivity index is 1.50. The first-order valence-electron chi connectivity index (χ1n) is 10.6. The lowest BCUT2D eigenvalue weighted by Gasteiger charge is -2.09. The van der Waals surface area contributed by atoms with E-state index in [-0.39, 0.29) is 11.7 Å². The molecule has 8 heteroatoms. The lowest BCUT2D eigenvalue weighted by Crippen LogP contribution is -2.08. The molecule has 2 aromatic carbocycles.